The zero-order chi connectivity index (χ0) is 19.7. The normalized spacial score (nSPS) is 31.7. The van der Waals surface area contributed by atoms with Gasteiger partial charge in [0.1, 0.15) is 0 Å². The van der Waals surface area contributed by atoms with Gasteiger partial charge >= 0.3 is 0 Å². The van der Waals surface area contributed by atoms with E-state index in [1.165, 1.54) is 9.80 Å². The Labute approximate surface area is 165 Å². The Kier molecular flexibility index (Phi) is 5.47. The van der Waals surface area contributed by atoms with E-state index in [9.17, 15) is 19.2 Å². The number of allylic oxidation sites excluding steroid dienone is 4. The van der Waals surface area contributed by atoms with E-state index in [0.717, 1.165) is 25.7 Å². The second-order valence-electron chi connectivity index (χ2n) is 8.38. The molecule has 2 saturated heterocycles. The molecule has 2 fully saturated rings. The van der Waals surface area contributed by atoms with Crippen LogP contribution in [0.25, 0.3) is 0 Å². The van der Waals surface area contributed by atoms with Crippen LogP contribution in [0.4, 0.5) is 0 Å². The first-order valence-corrected chi connectivity index (χ1v) is 10.6. The Balaban J connectivity index is 1.17. The van der Waals surface area contributed by atoms with Gasteiger partial charge in [0, 0.05) is 13.1 Å². The summed E-state index contributed by atoms with van der Waals surface area (Å²) in [6.45, 7) is 0.976. The number of unbranched alkanes of at least 4 members (excludes halogenated alkanes) is 3. The molecule has 0 radical (unpaired) electrons. The monoisotopic (exact) mass is 384 g/mol. The van der Waals surface area contributed by atoms with Crippen molar-refractivity contribution in [2.24, 2.45) is 23.7 Å². The van der Waals surface area contributed by atoms with Gasteiger partial charge in [-0.05, 0) is 38.5 Å². The molecule has 0 saturated carbocycles. The average molecular weight is 384 g/mol. The van der Waals surface area contributed by atoms with Crippen molar-refractivity contribution in [3.8, 4) is 0 Å². The lowest BCUT2D eigenvalue weighted by Crippen LogP contribution is -2.32. The number of fused-ring (bicyclic) bond motifs is 2. The average Bonchev–Trinajstić information content (AvgIpc) is 3.11. The van der Waals surface area contributed by atoms with Gasteiger partial charge < -0.3 is 0 Å². The van der Waals surface area contributed by atoms with Crippen molar-refractivity contribution in [2.45, 2.75) is 51.4 Å². The summed E-state index contributed by atoms with van der Waals surface area (Å²) in [6.07, 6.45) is 14.1. The van der Waals surface area contributed by atoms with Crippen LogP contribution in [0.3, 0.4) is 0 Å². The molecule has 2 aliphatic heterocycles. The van der Waals surface area contributed by atoms with Gasteiger partial charge in [-0.1, -0.05) is 37.1 Å². The summed E-state index contributed by atoms with van der Waals surface area (Å²) in [5.41, 5.74) is 0. The number of imide groups is 2. The van der Waals surface area contributed by atoms with Gasteiger partial charge in [-0.15, -0.1) is 0 Å². The van der Waals surface area contributed by atoms with Crippen molar-refractivity contribution in [1.82, 2.24) is 9.80 Å². The molecule has 0 bridgehead atoms. The van der Waals surface area contributed by atoms with Crippen LogP contribution in [0.15, 0.2) is 24.3 Å². The van der Waals surface area contributed by atoms with E-state index in [-0.39, 0.29) is 47.3 Å². The van der Waals surface area contributed by atoms with Crippen LogP contribution in [-0.4, -0.2) is 46.5 Å². The van der Waals surface area contributed by atoms with E-state index in [0.29, 0.717) is 38.8 Å². The molecule has 4 amide bonds. The van der Waals surface area contributed by atoms with Crippen molar-refractivity contribution in [1.29, 1.82) is 0 Å². The maximum Gasteiger partial charge on any atom is 0.233 e. The molecule has 2 aliphatic carbocycles. The second-order valence-corrected chi connectivity index (χ2v) is 8.38. The minimum Gasteiger partial charge on any atom is -0.282 e. The van der Waals surface area contributed by atoms with E-state index in [4.69, 9.17) is 0 Å². The van der Waals surface area contributed by atoms with Crippen molar-refractivity contribution < 1.29 is 19.2 Å². The van der Waals surface area contributed by atoms with Crippen LogP contribution in [0.5, 0.6) is 0 Å². The maximum absolute atomic E-state index is 12.4. The molecule has 150 valence electrons. The first kappa shape index (κ1) is 19.1. The third-order valence-corrected chi connectivity index (χ3v) is 6.71. The van der Waals surface area contributed by atoms with Crippen molar-refractivity contribution in [3.05, 3.63) is 24.3 Å². The number of amides is 4. The zero-order valence-corrected chi connectivity index (χ0v) is 16.2. The quantitative estimate of drug-likeness (QED) is 0.384. The molecule has 0 aromatic rings. The molecule has 0 aromatic carbocycles. The van der Waals surface area contributed by atoms with Crippen LogP contribution in [0, 0.1) is 23.7 Å². The van der Waals surface area contributed by atoms with Crippen molar-refractivity contribution >= 4 is 23.6 Å². The highest BCUT2D eigenvalue weighted by molar-refractivity contribution is 6.06. The lowest BCUT2D eigenvalue weighted by atomic mass is 9.85. The zero-order valence-electron chi connectivity index (χ0n) is 16.2. The van der Waals surface area contributed by atoms with E-state index in [2.05, 4.69) is 0 Å². The fraction of sp³-hybridized carbons (Fsp3) is 0.636. The molecule has 6 nitrogen and oxygen atoms in total. The minimum atomic E-state index is -0.150. The number of nitrogens with zero attached hydrogens (tertiary/aromatic N) is 2. The Bertz CT molecular complexity index is 627. The third kappa shape index (κ3) is 3.33. The Morgan fingerprint density at radius 2 is 0.821 bits per heavy atom. The standard InChI is InChI=1S/C22H28N2O4/c25-19-15-9-3-4-10-16(15)20(26)23(19)13-7-1-2-8-14-24-21(27)17-11-5-6-12-18(17)22(24)28/h3-6,15-18H,1-2,7-14H2. The van der Waals surface area contributed by atoms with E-state index in [1.54, 1.807) is 0 Å². The lowest BCUT2D eigenvalue weighted by molar-refractivity contribution is -0.141. The maximum atomic E-state index is 12.4. The Morgan fingerprint density at radius 3 is 1.11 bits per heavy atom. The molecular formula is C22H28N2O4. The SMILES string of the molecule is O=C1C2CC=CCC2C(=O)N1CCCCCCN1C(=O)C2CC=CCC2C1=O. The molecule has 6 heteroatoms. The van der Waals surface area contributed by atoms with Gasteiger partial charge in [0.05, 0.1) is 23.7 Å². The molecule has 0 spiro atoms. The molecular weight excluding hydrogens is 356 g/mol. The van der Waals surface area contributed by atoms with E-state index in [1.807, 2.05) is 24.3 Å². The van der Waals surface area contributed by atoms with Gasteiger partial charge in [-0.2, -0.15) is 0 Å². The lowest BCUT2D eigenvalue weighted by Gasteiger charge is -2.16. The molecule has 4 aliphatic rings. The van der Waals surface area contributed by atoms with Gasteiger partial charge in [0.2, 0.25) is 23.6 Å². The number of carbonyl (C=O) groups excluding carboxylic acids is 4. The summed E-state index contributed by atoms with van der Waals surface area (Å²) in [5, 5.41) is 0. The Hall–Kier alpha value is -2.24. The van der Waals surface area contributed by atoms with Gasteiger partial charge in [0.25, 0.3) is 0 Å². The highest BCUT2D eigenvalue weighted by Gasteiger charge is 2.47. The molecule has 4 atom stereocenters. The molecule has 4 unspecified atom stereocenters. The van der Waals surface area contributed by atoms with Crippen molar-refractivity contribution in [2.75, 3.05) is 13.1 Å². The molecule has 0 N–H and O–H groups in total. The van der Waals surface area contributed by atoms with Crippen LogP contribution in [-0.2, 0) is 19.2 Å². The number of hydrogen-bond donors (Lipinski definition) is 0. The fourth-order valence-corrected chi connectivity index (χ4v) is 5.07. The largest absolute Gasteiger partial charge is 0.282 e. The molecule has 0 aromatic heterocycles. The van der Waals surface area contributed by atoms with Crippen LogP contribution in [0.2, 0.25) is 0 Å². The highest BCUT2D eigenvalue weighted by atomic mass is 16.2. The molecule has 28 heavy (non-hydrogen) atoms. The third-order valence-electron chi connectivity index (χ3n) is 6.71. The molecule has 2 heterocycles. The fourth-order valence-electron chi connectivity index (χ4n) is 5.07. The number of likely N-dealkylation sites (tertiary alicyclic amines) is 2. The predicted molar refractivity (Wildman–Crippen MR) is 103 cm³/mol. The number of hydrogen-bond acceptors (Lipinski definition) is 4. The summed E-state index contributed by atoms with van der Waals surface area (Å²) in [5.74, 6) is -0.642. The number of rotatable bonds is 7. The minimum absolute atomic E-state index is 0.0103. The van der Waals surface area contributed by atoms with Gasteiger partial charge in [-0.25, -0.2) is 0 Å². The summed E-state index contributed by atoms with van der Waals surface area (Å²) in [7, 11) is 0. The van der Waals surface area contributed by atoms with Crippen LogP contribution < -0.4 is 0 Å². The summed E-state index contributed by atoms with van der Waals surface area (Å²) < 4.78 is 0. The number of carbonyl (C=O) groups is 4. The summed E-state index contributed by atoms with van der Waals surface area (Å²) in [6, 6.07) is 0. The Morgan fingerprint density at radius 1 is 0.536 bits per heavy atom. The highest BCUT2D eigenvalue weighted by Crippen LogP contribution is 2.36. The topological polar surface area (TPSA) is 74.8 Å². The first-order valence-electron chi connectivity index (χ1n) is 10.6. The first-order chi connectivity index (χ1) is 13.6. The van der Waals surface area contributed by atoms with Crippen LogP contribution >= 0.6 is 0 Å². The summed E-state index contributed by atoms with van der Waals surface area (Å²) >= 11 is 0. The second kappa shape index (κ2) is 8.02. The van der Waals surface area contributed by atoms with Crippen molar-refractivity contribution in [3.63, 3.8) is 0 Å². The smallest absolute Gasteiger partial charge is 0.233 e. The van der Waals surface area contributed by atoms with E-state index < -0.39 is 0 Å². The molecule has 4 rings (SSSR count). The predicted octanol–water partition coefficient (Wildman–Crippen LogP) is 2.45. The van der Waals surface area contributed by atoms with Gasteiger partial charge in [-0.3, -0.25) is 29.0 Å². The summed E-state index contributed by atoms with van der Waals surface area (Å²) in [4.78, 5) is 52.6. The van der Waals surface area contributed by atoms with Gasteiger partial charge in [0.15, 0.2) is 0 Å². The van der Waals surface area contributed by atoms with E-state index >= 15 is 0 Å². The van der Waals surface area contributed by atoms with Crippen LogP contribution in [0.1, 0.15) is 51.4 Å².